The molecule has 2 aromatic rings. The molecule has 1 aromatic carbocycles. The van der Waals surface area contributed by atoms with Crippen LogP contribution in [0.5, 0.6) is 0 Å². The van der Waals surface area contributed by atoms with Crippen LogP contribution >= 0.6 is 0 Å². The Morgan fingerprint density at radius 3 is 2.65 bits per heavy atom. The Bertz CT molecular complexity index is 660. The molecule has 0 saturated heterocycles. The molecule has 108 valence electrons. The molecule has 0 aliphatic heterocycles. The lowest BCUT2D eigenvalue weighted by Gasteiger charge is -2.26. The van der Waals surface area contributed by atoms with E-state index in [1.54, 1.807) is 13.0 Å². The summed E-state index contributed by atoms with van der Waals surface area (Å²) in [6.45, 7) is 2.38. The predicted molar refractivity (Wildman–Crippen MR) is 68.1 cm³/mol. The number of amides is 1. The number of nitrogens with two attached hydrogens (primary N) is 1. The SMILES string of the molecule is Cc1nc2ccc(NC(=O)C(C)(N)C(F)(F)F)cc2[nH]1. The van der Waals surface area contributed by atoms with Gasteiger partial charge in [-0.1, -0.05) is 0 Å². The normalized spacial score (nSPS) is 15.1. The summed E-state index contributed by atoms with van der Waals surface area (Å²) in [7, 11) is 0. The van der Waals surface area contributed by atoms with Gasteiger partial charge in [0.2, 0.25) is 0 Å². The minimum absolute atomic E-state index is 0.215. The van der Waals surface area contributed by atoms with Gasteiger partial charge in [-0.2, -0.15) is 13.2 Å². The highest BCUT2D eigenvalue weighted by atomic mass is 19.4. The van der Waals surface area contributed by atoms with Crippen molar-refractivity contribution in [1.82, 2.24) is 9.97 Å². The molecule has 1 heterocycles. The van der Waals surface area contributed by atoms with Gasteiger partial charge in [0, 0.05) is 5.69 Å². The van der Waals surface area contributed by atoms with Gasteiger partial charge in [-0.15, -0.1) is 0 Å². The fourth-order valence-electron chi connectivity index (χ4n) is 1.60. The molecule has 4 N–H and O–H groups in total. The smallest absolute Gasteiger partial charge is 0.342 e. The number of aromatic nitrogens is 2. The predicted octanol–water partition coefficient (Wildman–Crippen LogP) is 2.09. The van der Waals surface area contributed by atoms with Gasteiger partial charge in [0.05, 0.1) is 11.0 Å². The second kappa shape index (κ2) is 4.48. The topological polar surface area (TPSA) is 83.8 Å². The van der Waals surface area contributed by atoms with Crippen molar-refractivity contribution < 1.29 is 18.0 Å². The number of benzene rings is 1. The summed E-state index contributed by atoms with van der Waals surface area (Å²) in [4.78, 5) is 18.7. The van der Waals surface area contributed by atoms with Crippen LogP contribution in [-0.2, 0) is 4.79 Å². The molecule has 0 spiro atoms. The van der Waals surface area contributed by atoms with Crippen LogP contribution < -0.4 is 11.1 Å². The number of aromatic amines is 1. The zero-order valence-electron chi connectivity index (χ0n) is 10.8. The van der Waals surface area contributed by atoms with Crippen LogP contribution in [0.25, 0.3) is 11.0 Å². The summed E-state index contributed by atoms with van der Waals surface area (Å²) >= 11 is 0. The Balaban J connectivity index is 2.26. The van der Waals surface area contributed by atoms with Crippen molar-refractivity contribution in [3.05, 3.63) is 24.0 Å². The summed E-state index contributed by atoms with van der Waals surface area (Å²) in [6.07, 6.45) is -4.83. The zero-order chi connectivity index (χ0) is 15.1. The van der Waals surface area contributed by atoms with E-state index in [1.165, 1.54) is 12.1 Å². The van der Waals surface area contributed by atoms with E-state index in [4.69, 9.17) is 5.73 Å². The first kappa shape index (κ1) is 14.3. The number of H-pyrrole nitrogens is 1. The van der Waals surface area contributed by atoms with Crippen LogP contribution in [0.1, 0.15) is 12.7 Å². The summed E-state index contributed by atoms with van der Waals surface area (Å²) in [5, 5.41) is 2.16. The van der Waals surface area contributed by atoms with E-state index < -0.39 is 17.6 Å². The number of alkyl halides is 3. The molecule has 1 amide bonds. The number of nitrogens with zero attached hydrogens (tertiary/aromatic N) is 1. The van der Waals surface area contributed by atoms with Crippen molar-refractivity contribution in [3.63, 3.8) is 0 Å². The molecule has 1 aromatic heterocycles. The number of rotatable bonds is 2. The van der Waals surface area contributed by atoms with Crippen molar-refractivity contribution in [2.24, 2.45) is 5.73 Å². The van der Waals surface area contributed by atoms with Crippen LogP contribution in [0.3, 0.4) is 0 Å². The van der Waals surface area contributed by atoms with E-state index in [9.17, 15) is 18.0 Å². The van der Waals surface area contributed by atoms with Crippen LogP contribution in [-0.4, -0.2) is 27.6 Å². The third-order valence-corrected chi connectivity index (χ3v) is 2.92. The molecule has 0 radical (unpaired) electrons. The molecule has 0 aliphatic carbocycles. The molecule has 8 heteroatoms. The number of nitrogens with one attached hydrogen (secondary N) is 2. The van der Waals surface area contributed by atoms with Crippen molar-refractivity contribution in [3.8, 4) is 0 Å². The first-order valence-electron chi connectivity index (χ1n) is 5.74. The van der Waals surface area contributed by atoms with Gasteiger partial charge in [-0.3, -0.25) is 4.79 Å². The van der Waals surface area contributed by atoms with Crippen molar-refractivity contribution in [1.29, 1.82) is 0 Å². The Morgan fingerprint density at radius 1 is 1.40 bits per heavy atom. The number of carbonyl (C=O) groups excluding carboxylic acids is 1. The quantitative estimate of drug-likeness (QED) is 0.790. The fraction of sp³-hybridized carbons (Fsp3) is 0.333. The number of aryl methyl sites for hydroxylation is 1. The first-order chi connectivity index (χ1) is 9.11. The van der Waals surface area contributed by atoms with Crippen molar-refractivity contribution in [2.75, 3.05) is 5.32 Å². The van der Waals surface area contributed by atoms with E-state index in [2.05, 4.69) is 15.3 Å². The molecule has 0 fully saturated rings. The van der Waals surface area contributed by atoms with Crippen LogP contribution in [0.2, 0.25) is 0 Å². The second-order valence-corrected chi connectivity index (χ2v) is 4.71. The number of imidazole rings is 1. The summed E-state index contributed by atoms with van der Waals surface area (Å²) in [5.41, 5.74) is 3.58. The average molecular weight is 286 g/mol. The lowest BCUT2D eigenvalue weighted by molar-refractivity contribution is -0.184. The lowest BCUT2D eigenvalue weighted by atomic mass is 10.0. The van der Waals surface area contributed by atoms with Gasteiger partial charge in [-0.05, 0) is 32.0 Å². The van der Waals surface area contributed by atoms with Gasteiger partial charge < -0.3 is 16.0 Å². The number of fused-ring (bicyclic) bond motifs is 1. The maximum atomic E-state index is 12.6. The molecule has 0 saturated carbocycles. The Labute approximate surface area is 112 Å². The number of carbonyl (C=O) groups is 1. The molecular weight excluding hydrogens is 273 g/mol. The third-order valence-electron chi connectivity index (χ3n) is 2.92. The van der Waals surface area contributed by atoms with Crippen LogP contribution in [0.4, 0.5) is 18.9 Å². The third kappa shape index (κ3) is 2.46. The molecule has 5 nitrogen and oxygen atoms in total. The molecule has 0 bridgehead atoms. The largest absolute Gasteiger partial charge is 0.415 e. The van der Waals surface area contributed by atoms with Gasteiger partial charge in [0.1, 0.15) is 5.82 Å². The molecule has 0 aliphatic rings. The molecular formula is C12H13F3N4O. The molecule has 20 heavy (non-hydrogen) atoms. The van der Waals surface area contributed by atoms with E-state index in [1.807, 2.05) is 0 Å². The van der Waals surface area contributed by atoms with E-state index in [0.29, 0.717) is 23.8 Å². The lowest BCUT2D eigenvalue weighted by Crippen LogP contribution is -2.59. The van der Waals surface area contributed by atoms with E-state index in [-0.39, 0.29) is 5.69 Å². The summed E-state index contributed by atoms with van der Waals surface area (Å²) in [6, 6.07) is 4.56. The van der Waals surface area contributed by atoms with Gasteiger partial charge in [0.15, 0.2) is 5.54 Å². The average Bonchev–Trinajstić information content (AvgIpc) is 2.66. The van der Waals surface area contributed by atoms with E-state index >= 15 is 0 Å². The fourth-order valence-corrected chi connectivity index (χ4v) is 1.60. The minimum atomic E-state index is -4.83. The molecule has 2 rings (SSSR count). The van der Waals surface area contributed by atoms with Gasteiger partial charge >= 0.3 is 6.18 Å². The minimum Gasteiger partial charge on any atom is -0.342 e. The maximum absolute atomic E-state index is 12.6. The van der Waals surface area contributed by atoms with E-state index in [0.717, 1.165) is 0 Å². The van der Waals surface area contributed by atoms with Gasteiger partial charge in [-0.25, -0.2) is 4.98 Å². The van der Waals surface area contributed by atoms with Crippen LogP contribution in [0, 0.1) is 6.92 Å². The number of hydrogen-bond donors (Lipinski definition) is 3. The highest BCUT2D eigenvalue weighted by Crippen LogP contribution is 2.29. The standard InChI is InChI=1S/C12H13F3N4O/c1-6-17-8-4-3-7(5-9(8)18-6)19-10(20)11(2,16)12(13,14)15/h3-5H,16H2,1-2H3,(H,17,18)(H,19,20). The zero-order valence-corrected chi connectivity index (χ0v) is 10.8. The monoisotopic (exact) mass is 286 g/mol. The Morgan fingerprint density at radius 2 is 2.05 bits per heavy atom. The second-order valence-electron chi connectivity index (χ2n) is 4.71. The van der Waals surface area contributed by atoms with Crippen molar-refractivity contribution >= 4 is 22.6 Å². The number of halogens is 3. The summed E-state index contributed by atoms with van der Waals surface area (Å²) < 4.78 is 37.9. The highest BCUT2D eigenvalue weighted by molar-refractivity contribution is 5.99. The molecule has 1 unspecified atom stereocenters. The Kier molecular flexibility index (Phi) is 3.21. The summed E-state index contributed by atoms with van der Waals surface area (Å²) in [5.74, 6) is -0.650. The van der Waals surface area contributed by atoms with Crippen LogP contribution in [0.15, 0.2) is 18.2 Å². The van der Waals surface area contributed by atoms with Crippen molar-refractivity contribution in [2.45, 2.75) is 25.6 Å². The van der Waals surface area contributed by atoms with Gasteiger partial charge in [0.25, 0.3) is 5.91 Å². The maximum Gasteiger partial charge on any atom is 0.415 e. The number of anilines is 1. The molecule has 1 atom stereocenters. The Hall–Kier alpha value is -2.09. The first-order valence-corrected chi connectivity index (χ1v) is 5.74. The number of hydrogen-bond acceptors (Lipinski definition) is 3. The highest BCUT2D eigenvalue weighted by Gasteiger charge is 2.53.